The van der Waals surface area contributed by atoms with Crippen LogP contribution in [0.4, 0.5) is 0 Å². The smallest absolute Gasteiger partial charge is 0.270 e. The van der Waals surface area contributed by atoms with E-state index in [1.807, 2.05) is 30.0 Å². The molecule has 140 valence electrons. The molecule has 0 bridgehead atoms. The van der Waals surface area contributed by atoms with E-state index in [4.69, 9.17) is 4.74 Å². The topological polar surface area (TPSA) is 48.6 Å². The number of rotatable bonds is 3. The molecule has 0 spiro atoms. The molecular formula is C20H27N3O2S. The maximum atomic E-state index is 13.1. The minimum absolute atomic E-state index is 0.122. The number of ether oxygens (including phenoxy) is 1. The van der Waals surface area contributed by atoms with E-state index >= 15 is 0 Å². The first kappa shape index (κ1) is 17.7. The number of methoxy groups -OCH3 is 1. The third-order valence-corrected chi connectivity index (χ3v) is 6.84. The summed E-state index contributed by atoms with van der Waals surface area (Å²) >= 11 is 2.07. The van der Waals surface area contributed by atoms with Gasteiger partial charge in [0.2, 0.25) is 0 Å². The third kappa shape index (κ3) is 3.32. The van der Waals surface area contributed by atoms with Gasteiger partial charge in [0.1, 0.15) is 11.4 Å². The predicted octanol–water partition coefficient (Wildman–Crippen LogP) is 3.14. The number of hydrogen-bond donors (Lipinski definition) is 1. The maximum absolute atomic E-state index is 13.1. The largest absolute Gasteiger partial charge is 0.497 e. The molecule has 2 aliphatic heterocycles. The highest BCUT2D eigenvalue weighted by molar-refractivity contribution is 7.99. The first-order valence-corrected chi connectivity index (χ1v) is 10.6. The van der Waals surface area contributed by atoms with Crippen LogP contribution in [0.3, 0.4) is 0 Å². The van der Waals surface area contributed by atoms with Gasteiger partial charge in [-0.15, -0.1) is 0 Å². The fourth-order valence-corrected chi connectivity index (χ4v) is 5.23. The first-order chi connectivity index (χ1) is 12.7. The SMILES string of the molecule is COc1ccc2[nH]c(C(=O)N3CCN(C4CCSCC4)CC3)c(C)c2c1. The maximum Gasteiger partial charge on any atom is 0.270 e. The number of aromatic amines is 1. The minimum atomic E-state index is 0.122. The first-order valence-electron chi connectivity index (χ1n) is 9.45. The molecule has 1 aromatic carbocycles. The Morgan fingerprint density at radius 1 is 1.19 bits per heavy atom. The van der Waals surface area contributed by atoms with Gasteiger partial charge in [-0.3, -0.25) is 9.69 Å². The number of benzene rings is 1. The summed E-state index contributed by atoms with van der Waals surface area (Å²) in [5.74, 6) is 3.50. The Bertz CT molecular complexity index is 790. The van der Waals surface area contributed by atoms with Crippen LogP contribution >= 0.6 is 11.8 Å². The van der Waals surface area contributed by atoms with Gasteiger partial charge in [0.05, 0.1) is 7.11 Å². The fraction of sp³-hybridized carbons (Fsp3) is 0.550. The van der Waals surface area contributed by atoms with Gasteiger partial charge in [-0.05, 0) is 55.0 Å². The van der Waals surface area contributed by atoms with E-state index in [1.54, 1.807) is 7.11 Å². The van der Waals surface area contributed by atoms with Gasteiger partial charge in [0.15, 0.2) is 0 Å². The van der Waals surface area contributed by atoms with E-state index in [1.165, 1.54) is 24.3 Å². The second-order valence-electron chi connectivity index (χ2n) is 7.21. The summed E-state index contributed by atoms with van der Waals surface area (Å²) < 4.78 is 5.32. The van der Waals surface area contributed by atoms with Crippen molar-refractivity contribution < 1.29 is 9.53 Å². The molecule has 2 saturated heterocycles. The molecular weight excluding hydrogens is 346 g/mol. The van der Waals surface area contributed by atoms with Crippen molar-refractivity contribution in [3.05, 3.63) is 29.5 Å². The number of H-pyrrole nitrogens is 1. The van der Waals surface area contributed by atoms with Crippen molar-refractivity contribution in [1.29, 1.82) is 0 Å². The third-order valence-electron chi connectivity index (χ3n) is 5.79. The lowest BCUT2D eigenvalue weighted by Crippen LogP contribution is -2.52. The average Bonchev–Trinajstić information content (AvgIpc) is 3.04. The molecule has 4 rings (SSSR count). The molecule has 26 heavy (non-hydrogen) atoms. The molecule has 0 radical (unpaired) electrons. The Kier molecular flexibility index (Phi) is 5.14. The zero-order valence-electron chi connectivity index (χ0n) is 15.6. The van der Waals surface area contributed by atoms with Crippen molar-refractivity contribution in [2.24, 2.45) is 0 Å². The zero-order chi connectivity index (χ0) is 18.1. The lowest BCUT2D eigenvalue weighted by molar-refractivity contribution is 0.0554. The summed E-state index contributed by atoms with van der Waals surface area (Å²) in [4.78, 5) is 21.0. The van der Waals surface area contributed by atoms with E-state index in [9.17, 15) is 4.79 Å². The number of carbonyl (C=O) groups excluding carboxylic acids is 1. The molecule has 2 fully saturated rings. The number of aromatic nitrogens is 1. The average molecular weight is 374 g/mol. The Hall–Kier alpha value is -1.66. The molecule has 0 atom stereocenters. The van der Waals surface area contributed by atoms with Gasteiger partial charge in [0.25, 0.3) is 5.91 Å². The monoisotopic (exact) mass is 373 g/mol. The lowest BCUT2D eigenvalue weighted by atomic mass is 10.1. The summed E-state index contributed by atoms with van der Waals surface area (Å²) in [6.45, 7) is 5.64. The van der Waals surface area contributed by atoms with Crippen molar-refractivity contribution >= 4 is 28.6 Å². The molecule has 0 unspecified atom stereocenters. The van der Waals surface area contributed by atoms with Crippen molar-refractivity contribution in [1.82, 2.24) is 14.8 Å². The predicted molar refractivity (Wildman–Crippen MR) is 107 cm³/mol. The van der Waals surface area contributed by atoms with Crippen LogP contribution in [0.15, 0.2) is 18.2 Å². The van der Waals surface area contributed by atoms with Crippen LogP contribution in [0.1, 0.15) is 28.9 Å². The van der Waals surface area contributed by atoms with E-state index in [2.05, 4.69) is 21.6 Å². The van der Waals surface area contributed by atoms with Crippen molar-refractivity contribution in [2.75, 3.05) is 44.8 Å². The second kappa shape index (κ2) is 7.53. The van der Waals surface area contributed by atoms with E-state index in [0.717, 1.165) is 60.1 Å². The highest BCUT2D eigenvalue weighted by atomic mass is 32.2. The van der Waals surface area contributed by atoms with Crippen molar-refractivity contribution in [3.8, 4) is 5.75 Å². The molecule has 1 amide bonds. The molecule has 0 saturated carbocycles. The molecule has 1 N–H and O–H groups in total. The zero-order valence-corrected chi connectivity index (χ0v) is 16.4. The van der Waals surface area contributed by atoms with Crippen molar-refractivity contribution in [3.63, 3.8) is 0 Å². The molecule has 6 heteroatoms. The summed E-state index contributed by atoms with van der Waals surface area (Å²) in [6.07, 6.45) is 2.59. The minimum Gasteiger partial charge on any atom is -0.497 e. The van der Waals surface area contributed by atoms with Crippen LogP contribution in [0.5, 0.6) is 5.75 Å². The summed E-state index contributed by atoms with van der Waals surface area (Å²) in [7, 11) is 1.67. The summed E-state index contributed by atoms with van der Waals surface area (Å²) in [5, 5.41) is 1.06. The Labute approximate surface area is 159 Å². The Morgan fingerprint density at radius 2 is 1.92 bits per heavy atom. The second-order valence-corrected chi connectivity index (χ2v) is 8.43. The number of carbonyl (C=O) groups is 1. The van der Waals surface area contributed by atoms with Crippen LogP contribution in [-0.2, 0) is 0 Å². The number of hydrogen-bond acceptors (Lipinski definition) is 4. The summed E-state index contributed by atoms with van der Waals surface area (Å²) in [6, 6.07) is 6.62. The molecule has 2 aliphatic rings. The summed E-state index contributed by atoms with van der Waals surface area (Å²) in [5.41, 5.74) is 2.72. The van der Waals surface area contributed by atoms with Crippen LogP contribution in [0.2, 0.25) is 0 Å². The molecule has 1 aromatic heterocycles. The number of nitrogens with one attached hydrogen (secondary N) is 1. The Morgan fingerprint density at radius 3 is 2.62 bits per heavy atom. The number of nitrogens with zero attached hydrogens (tertiary/aromatic N) is 2. The number of thioether (sulfide) groups is 1. The van der Waals surface area contributed by atoms with Gasteiger partial charge in [-0.2, -0.15) is 11.8 Å². The Balaban J connectivity index is 1.46. The van der Waals surface area contributed by atoms with E-state index in [-0.39, 0.29) is 5.91 Å². The van der Waals surface area contributed by atoms with Gasteiger partial charge < -0.3 is 14.6 Å². The van der Waals surface area contributed by atoms with Crippen LogP contribution in [-0.4, -0.2) is 71.5 Å². The normalized spacial score (nSPS) is 19.8. The fourth-order valence-electron chi connectivity index (χ4n) is 4.15. The van der Waals surface area contributed by atoms with E-state index < -0.39 is 0 Å². The van der Waals surface area contributed by atoms with Gasteiger partial charge >= 0.3 is 0 Å². The van der Waals surface area contributed by atoms with Crippen LogP contribution in [0.25, 0.3) is 10.9 Å². The number of piperazine rings is 1. The standard InChI is InChI=1S/C20H27N3O2S/c1-14-17-13-16(25-2)3-4-18(17)21-19(14)20(24)23-9-7-22(8-10-23)15-5-11-26-12-6-15/h3-4,13,15,21H,5-12H2,1-2H3. The molecule has 3 heterocycles. The van der Waals surface area contributed by atoms with Crippen molar-refractivity contribution in [2.45, 2.75) is 25.8 Å². The van der Waals surface area contributed by atoms with E-state index in [0.29, 0.717) is 0 Å². The number of aryl methyl sites for hydroxylation is 1. The van der Waals surface area contributed by atoms with Gasteiger partial charge in [-0.1, -0.05) is 0 Å². The van der Waals surface area contributed by atoms with Gasteiger partial charge in [-0.25, -0.2) is 0 Å². The molecule has 0 aliphatic carbocycles. The quantitative estimate of drug-likeness (QED) is 0.898. The van der Waals surface area contributed by atoms with Crippen LogP contribution < -0.4 is 4.74 Å². The van der Waals surface area contributed by atoms with Crippen LogP contribution in [0, 0.1) is 6.92 Å². The number of amides is 1. The number of fused-ring (bicyclic) bond motifs is 1. The van der Waals surface area contributed by atoms with Gasteiger partial charge in [0, 0.05) is 43.1 Å². The highest BCUT2D eigenvalue weighted by Crippen LogP contribution is 2.27. The molecule has 2 aromatic rings. The lowest BCUT2D eigenvalue weighted by Gasteiger charge is -2.40. The molecule has 5 nitrogen and oxygen atoms in total. The highest BCUT2D eigenvalue weighted by Gasteiger charge is 2.29.